The van der Waals surface area contributed by atoms with Gasteiger partial charge in [-0.25, -0.2) is 13.9 Å². The van der Waals surface area contributed by atoms with E-state index in [1.54, 1.807) is 19.2 Å². The fourth-order valence-corrected chi connectivity index (χ4v) is 2.85. The van der Waals surface area contributed by atoms with Gasteiger partial charge >= 0.3 is 6.09 Å². The molecule has 28 heavy (non-hydrogen) atoms. The normalized spacial score (nSPS) is 16.3. The molecule has 1 atom stereocenters. The molecule has 3 aromatic rings. The van der Waals surface area contributed by atoms with Crippen molar-refractivity contribution in [2.24, 2.45) is 0 Å². The number of aromatic nitrogens is 4. The molecule has 1 N–H and O–H groups in total. The number of hydrogen-bond donors (Lipinski definition) is 1. The van der Waals surface area contributed by atoms with Gasteiger partial charge in [0.25, 0.3) is 0 Å². The number of aryl methyl sites for hydroxylation is 1. The average molecular weight is 386 g/mol. The summed E-state index contributed by atoms with van der Waals surface area (Å²) in [6, 6.07) is 4.33. The lowest BCUT2D eigenvalue weighted by Gasteiger charge is -2.14. The predicted octanol–water partition coefficient (Wildman–Crippen LogP) is 1.44. The smallest absolute Gasteiger partial charge is 0.414 e. The maximum Gasteiger partial charge on any atom is 0.414 e. The fraction of sp³-hybridized carbons (Fsp3) is 0.235. The highest BCUT2D eigenvalue weighted by Gasteiger charge is 2.32. The molecule has 0 aliphatic carbocycles. The summed E-state index contributed by atoms with van der Waals surface area (Å²) in [5.74, 6) is 0.201. The van der Waals surface area contributed by atoms with Crippen molar-refractivity contribution in [2.75, 3.05) is 18.0 Å². The molecule has 0 radical (unpaired) electrons. The van der Waals surface area contributed by atoms with Crippen molar-refractivity contribution in [3.8, 4) is 17.1 Å². The van der Waals surface area contributed by atoms with E-state index in [0.29, 0.717) is 29.4 Å². The highest BCUT2D eigenvalue weighted by Crippen LogP contribution is 2.26. The average Bonchev–Trinajstić information content (AvgIpc) is 3.39. The number of nitrogens with zero attached hydrogens (tertiary/aromatic N) is 5. The Kier molecular flexibility index (Phi) is 4.47. The maximum atomic E-state index is 14.7. The SMILES string of the molecule is Cc1nc(-c2cnn(-c3ccc(N4C[C@H](CNC=O)OC4=O)cc3F)c2)no1. The molecule has 1 aliphatic rings. The first kappa shape index (κ1) is 17.6. The molecule has 1 saturated heterocycles. The van der Waals surface area contributed by atoms with Gasteiger partial charge in [0.15, 0.2) is 5.82 Å². The van der Waals surface area contributed by atoms with Gasteiger partial charge in [-0.15, -0.1) is 0 Å². The second kappa shape index (κ2) is 7.10. The minimum Gasteiger partial charge on any atom is -0.442 e. The molecular formula is C17H15FN6O4. The van der Waals surface area contributed by atoms with Gasteiger partial charge < -0.3 is 14.6 Å². The lowest BCUT2D eigenvalue weighted by atomic mass is 10.2. The third kappa shape index (κ3) is 3.29. The molecule has 4 rings (SSSR count). The number of benzene rings is 1. The van der Waals surface area contributed by atoms with Gasteiger partial charge in [0.05, 0.1) is 30.5 Å². The lowest BCUT2D eigenvalue weighted by molar-refractivity contribution is -0.109. The van der Waals surface area contributed by atoms with Crippen molar-refractivity contribution in [3.63, 3.8) is 0 Å². The highest BCUT2D eigenvalue weighted by atomic mass is 19.1. The van der Waals surface area contributed by atoms with E-state index in [9.17, 15) is 14.0 Å². The number of anilines is 1. The number of ether oxygens (including phenoxy) is 1. The van der Waals surface area contributed by atoms with Crippen LogP contribution in [0.15, 0.2) is 35.1 Å². The molecule has 3 heterocycles. The molecule has 2 amide bonds. The number of carbonyl (C=O) groups is 2. The van der Waals surface area contributed by atoms with Crippen molar-refractivity contribution in [3.05, 3.63) is 42.3 Å². The van der Waals surface area contributed by atoms with Crippen LogP contribution >= 0.6 is 0 Å². The second-order valence-electron chi connectivity index (χ2n) is 6.09. The lowest BCUT2D eigenvalue weighted by Crippen LogP contribution is -2.30. The van der Waals surface area contributed by atoms with E-state index in [1.165, 1.54) is 27.9 Å². The number of hydrogen-bond acceptors (Lipinski definition) is 7. The summed E-state index contributed by atoms with van der Waals surface area (Å²) in [5.41, 5.74) is 1.12. The molecule has 0 unspecified atom stereocenters. The zero-order chi connectivity index (χ0) is 19.7. The summed E-state index contributed by atoms with van der Waals surface area (Å²) in [5, 5.41) is 10.4. The van der Waals surface area contributed by atoms with Crippen LogP contribution in [-0.2, 0) is 9.53 Å². The van der Waals surface area contributed by atoms with Gasteiger partial charge in [-0.3, -0.25) is 9.69 Å². The summed E-state index contributed by atoms with van der Waals surface area (Å²) in [6.45, 7) is 2.07. The number of nitrogens with one attached hydrogen (secondary N) is 1. The molecule has 11 heteroatoms. The highest BCUT2D eigenvalue weighted by molar-refractivity contribution is 5.89. The number of carbonyl (C=O) groups excluding carboxylic acids is 2. The molecule has 1 aromatic carbocycles. The number of cyclic esters (lactones) is 1. The summed E-state index contributed by atoms with van der Waals surface area (Å²) in [6.07, 6.45) is 2.51. The molecule has 1 aliphatic heterocycles. The monoisotopic (exact) mass is 386 g/mol. The fourth-order valence-electron chi connectivity index (χ4n) is 2.85. The molecule has 2 aromatic heterocycles. The van der Waals surface area contributed by atoms with Crippen LogP contribution in [0.5, 0.6) is 0 Å². The first-order valence-electron chi connectivity index (χ1n) is 8.35. The summed E-state index contributed by atoms with van der Waals surface area (Å²) in [4.78, 5) is 27.8. The van der Waals surface area contributed by atoms with Gasteiger partial charge in [-0.05, 0) is 18.2 Å². The van der Waals surface area contributed by atoms with Crippen LogP contribution in [0.2, 0.25) is 0 Å². The van der Waals surface area contributed by atoms with Gasteiger partial charge in [0.1, 0.15) is 11.8 Å². The van der Waals surface area contributed by atoms with Crippen LogP contribution in [0.3, 0.4) is 0 Å². The van der Waals surface area contributed by atoms with Crippen molar-refractivity contribution in [1.82, 2.24) is 25.2 Å². The van der Waals surface area contributed by atoms with E-state index in [1.807, 2.05) is 0 Å². The summed E-state index contributed by atoms with van der Waals surface area (Å²) in [7, 11) is 0. The van der Waals surface area contributed by atoms with Crippen molar-refractivity contribution in [2.45, 2.75) is 13.0 Å². The minimum atomic E-state index is -0.598. The Labute approximate surface area is 157 Å². The first-order chi connectivity index (χ1) is 13.5. The van der Waals surface area contributed by atoms with Crippen molar-refractivity contribution >= 4 is 18.2 Å². The number of rotatable bonds is 6. The second-order valence-corrected chi connectivity index (χ2v) is 6.09. The predicted molar refractivity (Wildman–Crippen MR) is 93.2 cm³/mol. The zero-order valence-electron chi connectivity index (χ0n) is 14.7. The van der Waals surface area contributed by atoms with E-state index >= 15 is 0 Å². The van der Waals surface area contributed by atoms with Gasteiger partial charge in [0, 0.05) is 13.1 Å². The molecule has 1 fully saturated rings. The van der Waals surface area contributed by atoms with Gasteiger partial charge in [-0.1, -0.05) is 5.16 Å². The number of amides is 2. The molecule has 10 nitrogen and oxygen atoms in total. The van der Waals surface area contributed by atoms with Gasteiger partial charge in [0.2, 0.25) is 18.1 Å². The zero-order valence-corrected chi connectivity index (χ0v) is 14.7. The van der Waals surface area contributed by atoms with Crippen LogP contribution in [0.1, 0.15) is 5.89 Å². The third-order valence-corrected chi connectivity index (χ3v) is 4.16. The summed E-state index contributed by atoms with van der Waals surface area (Å²) < 4.78 is 26.1. The Hall–Kier alpha value is -3.76. The van der Waals surface area contributed by atoms with E-state index in [4.69, 9.17) is 9.26 Å². The Bertz CT molecular complexity index is 1030. The van der Waals surface area contributed by atoms with Crippen LogP contribution in [0, 0.1) is 12.7 Å². The quantitative estimate of drug-likeness (QED) is 0.637. The molecule has 0 bridgehead atoms. The van der Waals surface area contributed by atoms with E-state index in [2.05, 4.69) is 20.6 Å². The van der Waals surface area contributed by atoms with E-state index < -0.39 is 18.0 Å². The first-order valence-corrected chi connectivity index (χ1v) is 8.35. The van der Waals surface area contributed by atoms with E-state index in [-0.39, 0.29) is 18.8 Å². The van der Waals surface area contributed by atoms with Crippen molar-refractivity contribution in [1.29, 1.82) is 0 Å². The summed E-state index contributed by atoms with van der Waals surface area (Å²) >= 11 is 0. The maximum absolute atomic E-state index is 14.7. The Morgan fingerprint density at radius 3 is 3.00 bits per heavy atom. The van der Waals surface area contributed by atoms with E-state index in [0.717, 1.165) is 0 Å². The Balaban J connectivity index is 1.55. The molecular weight excluding hydrogens is 371 g/mol. The number of halogens is 1. The van der Waals surface area contributed by atoms with Crippen LogP contribution in [0.25, 0.3) is 17.1 Å². The molecule has 0 spiro atoms. The Morgan fingerprint density at radius 1 is 1.43 bits per heavy atom. The largest absolute Gasteiger partial charge is 0.442 e. The van der Waals surface area contributed by atoms with Gasteiger partial charge in [-0.2, -0.15) is 10.1 Å². The standard InChI is InChI=1S/C17H15FN6O4/c1-10-21-16(22-28-10)11-5-20-24(7-11)15-3-2-12(4-14(15)18)23-8-13(6-19-9-25)27-17(23)26/h2-5,7,9,13H,6,8H2,1H3,(H,19,25)/t13-/m0/s1. The molecule has 144 valence electrons. The van der Waals surface area contributed by atoms with Crippen molar-refractivity contribution < 1.29 is 23.2 Å². The van der Waals surface area contributed by atoms with Crippen LogP contribution < -0.4 is 10.2 Å². The van der Waals surface area contributed by atoms with Crippen LogP contribution in [0.4, 0.5) is 14.9 Å². The Morgan fingerprint density at radius 2 is 2.29 bits per heavy atom. The van der Waals surface area contributed by atoms with Crippen LogP contribution in [-0.4, -0.2) is 51.6 Å². The molecule has 0 saturated carbocycles. The topological polar surface area (TPSA) is 115 Å². The third-order valence-electron chi connectivity index (χ3n) is 4.16. The minimum absolute atomic E-state index is 0.192.